The number of amides is 2. The predicted molar refractivity (Wildman–Crippen MR) is 122 cm³/mol. The van der Waals surface area contributed by atoms with Gasteiger partial charge in [0, 0.05) is 24.7 Å². The first kappa shape index (κ1) is 28.3. The molecule has 5 nitrogen and oxygen atoms in total. The molecule has 0 saturated heterocycles. The van der Waals surface area contributed by atoms with Gasteiger partial charge in [0.05, 0.1) is 17.7 Å². The number of alkyl halides is 6. The molecule has 2 fully saturated rings. The highest BCUT2D eigenvalue weighted by molar-refractivity contribution is 5.94. The van der Waals surface area contributed by atoms with E-state index in [-0.39, 0.29) is 30.5 Å². The highest BCUT2D eigenvalue weighted by atomic mass is 19.4. The number of carbonyl (C=O) groups is 2. The van der Waals surface area contributed by atoms with Crippen molar-refractivity contribution in [1.82, 2.24) is 15.5 Å². The Balaban J connectivity index is 1.46. The second kappa shape index (κ2) is 11.8. The van der Waals surface area contributed by atoms with E-state index >= 15 is 0 Å². The van der Waals surface area contributed by atoms with Crippen molar-refractivity contribution in [2.75, 3.05) is 20.1 Å². The SMILES string of the molecule is CN(C(=O)CNC[C@H]1CC[C@H](NC(=O)c2cc(C(F)(F)F)cc(C(F)(F)F)c2)CC1)C1CCCCC1. The van der Waals surface area contributed by atoms with E-state index in [1.165, 1.54) is 6.42 Å². The summed E-state index contributed by atoms with van der Waals surface area (Å²) in [6.45, 7) is 0.883. The molecular weight excluding hydrogens is 488 g/mol. The summed E-state index contributed by atoms with van der Waals surface area (Å²) in [4.78, 5) is 26.8. The molecule has 2 aliphatic carbocycles. The van der Waals surface area contributed by atoms with E-state index in [9.17, 15) is 35.9 Å². The fourth-order valence-electron chi connectivity index (χ4n) is 5.05. The first-order valence-corrected chi connectivity index (χ1v) is 12.4. The molecule has 0 radical (unpaired) electrons. The number of carbonyl (C=O) groups excluding carboxylic acids is 2. The van der Waals surface area contributed by atoms with Gasteiger partial charge in [-0.2, -0.15) is 26.3 Å². The van der Waals surface area contributed by atoms with E-state index in [0.29, 0.717) is 37.6 Å². The molecule has 36 heavy (non-hydrogen) atoms. The van der Waals surface area contributed by atoms with Gasteiger partial charge >= 0.3 is 12.4 Å². The maximum atomic E-state index is 13.1. The second-order valence-corrected chi connectivity index (χ2v) is 9.91. The molecule has 2 saturated carbocycles. The van der Waals surface area contributed by atoms with E-state index in [2.05, 4.69) is 10.6 Å². The van der Waals surface area contributed by atoms with Crippen molar-refractivity contribution < 1.29 is 35.9 Å². The van der Waals surface area contributed by atoms with Crippen LogP contribution in [0, 0.1) is 5.92 Å². The third-order valence-corrected chi connectivity index (χ3v) is 7.26. The lowest BCUT2D eigenvalue weighted by Crippen LogP contribution is -2.44. The third kappa shape index (κ3) is 7.85. The zero-order valence-corrected chi connectivity index (χ0v) is 20.3. The van der Waals surface area contributed by atoms with Crippen LogP contribution >= 0.6 is 0 Å². The van der Waals surface area contributed by atoms with E-state index < -0.39 is 35.0 Å². The quantitative estimate of drug-likeness (QED) is 0.473. The van der Waals surface area contributed by atoms with Crippen molar-refractivity contribution in [3.63, 3.8) is 0 Å². The smallest absolute Gasteiger partial charge is 0.349 e. The molecule has 0 spiro atoms. The molecule has 0 heterocycles. The summed E-state index contributed by atoms with van der Waals surface area (Å²) in [6.07, 6.45) is -1.87. The number of benzene rings is 1. The molecule has 1 aromatic rings. The highest BCUT2D eigenvalue weighted by Gasteiger charge is 2.37. The van der Waals surface area contributed by atoms with Crippen molar-refractivity contribution >= 4 is 11.8 Å². The Morgan fingerprint density at radius 3 is 1.94 bits per heavy atom. The van der Waals surface area contributed by atoms with Crippen LogP contribution in [0.1, 0.15) is 79.3 Å². The van der Waals surface area contributed by atoms with Crippen LogP contribution < -0.4 is 10.6 Å². The van der Waals surface area contributed by atoms with Crippen molar-refractivity contribution in [2.45, 2.75) is 82.2 Å². The molecule has 0 atom stereocenters. The first-order valence-electron chi connectivity index (χ1n) is 12.4. The summed E-state index contributed by atoms with van der Waals surface area (Å²) in [5.41, 5.74) is -3.69. The lowest BCUT2D eigenvalue weighted by Gasteiger charge is -2.32. The summed E-state index contributed by atoms with van der Waals surface area (Å²) in [5.74, 6) is -0.622. The fourth-order valence-corrected chi connectivity index (χ4v) is 5.05. The van der Waals surface area contributed by atoms with Gasteiger partial charge in [0.25, 0.3) is 5.91 Å². The Morgan fingerprint density at radius 2 is 1.42 bits per heavy atom. The Bertz CT molecular complexity index is 872. The Kier molecular flexibility index (Phi) is 9.29. The van der Waals surface area contributed by atoms with Crippen LogP contribution in [0.25, 0.3) is 0 Å². The van der Waals surface area contributed by atoms with Crippen LogP contribution in [-0.4, -0.2) is 48.9 Å². The summed E-state index contributed by atoms with van der Waals surface area (Å²) in [5, 5.41) is 5.79. The number of rotatable bonds is 7. The number of nitrogens with one attached hydrogen (secondary N) is 2. The summed E-state index contributed by atoms with van der Waals surface area (Å²) < 4.78 is 78.4. The molecule has 0 bridgehead atoms. The van der Waals surface area contributed by atoms with Crippen LogP contribution in [0.4, 0.5) is 26.3 Å². The minimum Gasteiger partial charge on any atom is -0.349 e. The van der Waals surface area contributed by atoms with Gasteiger partial charge in [0.15, 0.2) is 0 Å². The number of hydrogen-bond donors (Lipinski definition) is 2. The maximum absolute atomic E-state index is 13.1. The lowest BCUT2D eigenvalue weighted by atomic mass is 9.86. The Labute approximate surface area is 207 Å². The minimum atomic E-state index is -5.01. The monoisotopic (exact) mass is 521 g/mol. The van der Waals surface area contributed by atoms with Crippen molar-refractivity contribution in [3.05, 3.63) is 34.9 Å². The fraction of sp³-hybridized carbons (Fsp3) is 0.680. The van der Waals surface area contributed by atoms with Crippen LogP contribution in [0.2, 0.25) is 0 Å². The van der Waals surface area contributed by atoms with E-state index in [1.54, 1.807) is 0 Å². The first-order chi connectivity index (χ1) is 16.8. The number of likely N-dealkylation sites (N-methyl/N-ethyl adjacent to an activating group) is 1. The lowest BCUT2D eigenvalue weighted by molar-refractivity contribution is -0.143. The minimum absolute atomic E-state index is 0.00660. The van der Waals surface area contributed by atoms with Crippen LogP contribution in [0.5, 0.6) is 0 Å². The van der Waals surface area contributed by atoms with Gasteiger partial charge in [0.2, 0.25) is 5.91 Å². The van der Waals surface area contributed by atoms with Crippen molar-refractivity contribution in [2.24, 2.45) is 5.92 Å². The average molecular weight is 522 g/mol. The normalized spacial score (nSPS) is 21.8. The Morgan fingerprint density at radius 1 is 0.861 bits per heavy atom. The molecule has 1 aromatic carbocycles. The molecule has 2 amide bonds. The number of halogens is 6. The predicted octanol–water partition coefficient (Wildman–Crippen LogP) is 5.39. The molecule has 2 aliphatic rings. The highest BCUT2D eigenvalue weighted by Crippen LogP contribution is 2.36. The topological polar surface area (TPSA) is 61.4 Å². The van der Waals surface area contributed by atoms with Crippen LogP contribution in [0.15, 0.2) is 18.2 Å². The standard InChI is InChI=1S/C25H33F6N3O2/c1-34(21-5-3-2-4-6-21)22(35)15-32-14-16-7-9-20(10-8-16)33-23(36)17-11-18(24(26,27)28)13-19(12-17)25(29,30)31/h11-13,16,20-21,32H,2-10,14-15H2,1H3,(H,33,36)/t16-,20-. The Hall–Kier alpha value is -2.30. The molecule has 202 valence electrons. The summed E-state index contributed by atoms with van der Waals surface area (Å²) in [7, 11) is 1.84. The third-order valence-electron chi connectivity index (χ3n) is 7.26. The van der Waals surface area contributed by atoms with Gasteiger partial charge < -0.3 is 15.5 Å². The van der Waals surface area contributed by atoms with Gasteiger partial charge in [-0.15, -0.1) is 0 Å². The van der Waals surface area contributed by atoms with Crippen LogP contribution in [-0.2, 0) is 17.1 Å². The summed E-state index contributed by atoms with van der Waals surface area (Å²) >= 11 is 0. The van der Waals surface area contributed by atoms with Gasteiger partial charge in [-0.3, -0.25) is 9.59 Å². The molecule has 3 rings (SSSR count). The molecular formula is C25H33F6N3O2. The van der Waals surface area contributed by atoms with E-state index in [0.717, 1.165) is 38.5 Å². The zero-order chi connectivity index (χ0) is 26.5. The van der Waals surface area contributed by atoms with Gasteiger partial charge in [-0.05, 0) is 69.2 Å². The van der Waals surface area contributed by atoms with Gasteiger partial charge in [0.1, 0.15) is 0 Å². The van der Waals surface area contributed by atoms with E-state index in [4.69, 9.17) is 0 Å². The van der Waals surface area contributed by atoms with Crippen molar-refractivity contribution in [1.29, 1.82) is 0 Å². The second-order valence-electron chi connectivity index (χ2n) is 9.91. The molecule has 2 N–H and O–H groups in total. The number of nitrogens with zero attached hydrogens (tertiary/aromatic N) is 1. The van der Waals surface area contributed by atoms with Crippen LogP contribution in [0.3, 0.4) is 0 Å². The number of hydrogen-bond acceptors (Lipinski definition) is 3. The zero-order valence-electron chi connectivity index (χ0n) is 20.3. The molecule has 0 unspecified atom stereocenters. The average Bonchev–Trinajstić information content (AvgIpc) is 2.83. The van der Waals surface area contributed by atoms with Gasteiger partial charge in [-0.25, -0.2) is 0 Å². The van der Waals surface area contributed by atoms with Crippen molar-refractivity contribution in [3.8, 4) is 0 Å². The maximum Gasteiger partial charge on any atom is 0.416 e. The molecule has 11 heteroatoms. The molecule has 0 aromatic heterocycles. The van der Waals surface area contributed by atoms with E-state index in [1.807, 2.05) is 11.9 Å². The molecule has 0 aliphatic heterocycles. The largest absolute Gasteiger partial charge is 0.416 e. The van der Waals surface area contributed by atoms with Gasteiger partial charge in [-0.1, -0.05) is 19.3 Å². The summed E-state index contributed by atoms with van der Waals surface area (Å²) in [6, 6.07) is 0.864.